The molecular formula is C16H20ClN3OS. The highest BCUT2D eigenvalue weighted by Crippen LogP contribution is 2.46. The van der Waals surface area contributed by atoms with Gasteiger partial charge in [-0.05, 0) is 48.6 Å². The minimum Gasteiger partial charge on any atom is -0.383 e. The van der Waals surface area contributed by atoms with E-state index >= 15 is 0 Å². The van der Waals surface area contributed by atoms with Gasteiger partial charge in [-0.2, -0.15) is 5.10 Å². The highest BCUT2D eigenvalue weighted by atomic mass is 35.5. The summed E-state index contributed by atoms with van der Waals surface area (Å²) in [7, 11) is 0. The zero-order valence-electron chi connectivity index (χ0n) is 12.7. The van der Waals surface area contributed by atoms with Gasteiger partial charge in [0.05, 0.1) is 6.54 Å². The number of hydrogen-bond donors (Lipinski definition) is 1. The van der Waals surface area contributed by atoms with Crippen LogP contribution in [0.25, 0.3) is 0 Å². The van der Waals surface area contributed by atoms with Crippen molar-refractivity contribution >= 4 is 23.4 Å². The third-order valence-electron chi connectivity index (χ3n) is 4.58. The molecule has 118 valence electrons. The molecule has 0 aliphatic heterocycles. The molecule has 3 rings (SSSR count). The molecule has 1 N–H and O–H groups in total. The second-order valence-corrected chi connectivity index (χ2v) is 7.17. The Kier molecular flexibility index (Phi) is 4.48. The molecule has 1 aromatic heterocycles. The Bertz CT molecular complexity index is 641. The summed E-state index contributed by atoms with van der Waals surface area (Å²) in [5.74, 6) is 0.731. The third kappa shape index (κ3) is 3.03. The summed E-state index contributed by atoms with van der Waals surface area (Å²) in [6, 6.07) is 7.49. The lowest BCUT2D eigenvalue weighted by Gasteiger charge is -2.35. The summed E-state index contributed by atoms with van der Waals surface area (Å²) in [6.07, 6.45) is 5.87. The highest BCUT2D eigenvalue weighted by Gasteiger charge is 2.44. The normalized spacial score (nSPS) is 18.9. The summed E-state index contributed by atoms with van der Waals surface area (Å²) in [6.45, 7) is 2.53. The van der Waals surface area contributed by atoms with E-state index in [4.69, 9.17) is 11.6 Å². The minimum atomic E-state index is -0.968. The first-order valence-electron chi connectivity index (χ1n) is 7.45. The quantitative estimate of drug-likeness (QED) is 0.818. The SMILES string of the molecule is CSc1ncnn1CC(O)(c1ccc(Cl)cc1)C(C)C1CC1. The Balaban J connectivity index is 1.97. The second-order valence-electron chi connectivity index (χ2n) is 5.96. The predicted molar refractivity (Wildman–Crippen MR) is 89.0 cm³/mol. The van der Waals surface area contributed by atoms with Crippen molar-refractivity contribution in [3.05, 3.63) is 41.2 Å². The fourth-order valence-corrected chi connectivity index (χ4v) is 3.57. The van der Waals surface area contributed by atoms with Gasteiger partial charge in [-0.1, -0.05) is 42.4 Å². The van der Waals surface area contributed by atoms with Crippen LogP contribution in [0.15, 0.2) is 35.7 Å². The monoisotopic (exact) mass is 337 g/mol. The number of benzene rings is 1. The van der Waals surface area contributed by atoms with Crippen molar-refractivity contribution in [1.82, 2.24) is 14.8 Å². The summed E-state index contributed by atoms with van der Waals surface area (Å²) < 4.78 is 1.79. The van der Waals surface area contributed by atoms with Gasteiger partial charge in [0, 0.05) is 5.02 Å². The molecule has 6 heteroatoms. The van der Waals surface area contributed by atoms with Crippen LogP contribution in [0, 0.1) is 11.8 Å². The molecule has 0 saturated heterocycles. The van der Waals surface area contributed by atoms with Crippen LogP contribution in [0.4, 0.5) is 0 Å². The van der Waals surface area contributed by atoms with E-state index in [1.165, 1.54) is 30.9 Å². The summed E-state index contributed by atoms with van der Waals surface area (Å²) >= 11 is 7.53. The molecule has 2 unspecified atom stereocenters. The van der Waals surface area contributed by atoms with Crippen LogP contribution in [0.1, 0.15) is 25.3 Å². The summed E-state index contributed by atoms with van der Waals surface area (Å²) in [5.41, 5.74) is -0.0805. The van der Waals surface area contributed by atoms with Gasteiger partial charge >= 0.3 is 0 Å². The minimum absolute atomic E-state index is 0.160. The van der Waals surface area contributed by atoms with E-state index in [-0.39, 0.29) is 5.92 Å². The first-order chi connectivity index (χ1) is 10.5. The first-order valence-corrected chi connectivity index (χ1v) is 9.05. The molecule has 1 saturated carbocycles. The van der Waals surface area contributed by atoms with Crippen molar-refractivity contribution in [3.63, 3.8) is 0 Å². The molecule has 0 bridgehead atoms. The van der Waals surface area contributed by atoms with Gasteiger partial charge < -0.3 is 5.11 Å². The number of halogens is 1. The molecule has 2 aromatic rings. The zero-order valence-corrected chi connectivity index (χ0v) is 14.3. The van der Waals surface area contributed by atoms with E-state index in [1.807, 2.05) is 30.5 Å². The van der Waals surface area contributed by atoms with E-state index in [0.717, 1.165) is 10.7 Å². The van der Waals surface area contributed by atoms with E-state index < -0.39 is 5.60 Å². The van der Waals surface area contributed by atoms with Crippen molar-refractivity contribution < 1.29 is 5.11 Å². The van der Waals surface area contributed by atoms with E-state index in [2.05, 4.69) is 17.0 Å². The van der Waals surface area contributed by atoms with Crippen LogP contribution in [0.3, 0.4) is 0 Å². The molecule has 0 spiro atoms. The molecular weight excluding hydrogens is 318 g/mol. The van der Waals surface area contributed by atoms with Gasteiger partial charge in [0.2, 0.25) is 0 Å². The Morgan fingerprint density at radius 3 is 2.68 bits per heavy atom. The van der Waals surface area contributed by atoms with Crippen molar-refractivity contribution in [2.45, 2.75) is 37.1 Å². The molecule has 1 aromatic carbocycles. The van der Waals surface area contributed by atoms with Crippen LogP contribution in [-0.4, -0.2) is 26.1 Å². The maximum absolute atomic E-state index is 11.5. The van der Waals surface area contributed by atoms with Crippen LogP contribution < -0.4 is 0 Å². The Morgan fingerprint density at radius 1 is 1.41 bits per heavy atom. The van der Waals surface area contributed by atoms with E-state index in [9.17, 15) is 5.11 Å². The zero-order chi connectivity index (χ0) is 15.7. The fraction of sp³-hybridized carbons (Fsp3) is 0.500. The molecule has 1 heterocycles. The van der Waals surface area contributed by atoms with Crippen LogP contribution in [-0.2, 0) is 12.1 Å². The Labute approximate surface area is 139 Å². The number of rotatable bonds is 6. The fourth-order valence-electron chi connectivity index (χ4n) is 2.97. The van der Waals surface area contributed by atoms with Crippen LogP contribution >= 0.6 is 23.4 Å². The van der Waals surface area contributed by atoms with Gasteiger partial charge in [-0.25, -0.2) is 9.67 Å². The maximum atomic E-state index is 11.5. The second kappa shape index (κ2) is 6.22. The van der Waals surface area contributed by atoms with Crippen molar-refractivity contribution in [3.8, 4) is 0 Å². The van der Waals surface area contributed by atoms with Gasteiger partial charge in [-0.15, -0.1) is 0 Å². The molecule has 1 aliphatic rings. The third-order valence-corrected chi connectivity index (χ3v) is 5.51. The molecule has 22 heavy (non-hydrogen) atoms. The number of hydrogen-bond acceptors (Lipinski definition) is 4. The summed E-state index contributed by atoms with van der Waals surface area (Å²) in [4.78, 5) is 4.23. The molecule has 0 radical (unpaired) electrons. The smallest absolute Gasteiger partial charge is 0.185 e. The van der Waals surface area contributed by atoms with Gasteiger partial charge in [0.15, 0.2) is 5.16 Å². The molecule has 1 fully saturated rings. The van der Waals surface area contributed by atoms with Gasteiger partial charge in [0.1, 0.15) is 11.9 Å². The molecule has 1 aliphatic carbocycles. The lowest BCUT2D eigenvalue weighted by molar-refractivity contribution is -0.0462. The summed E-state index contributed by atoms with van der Waals surface area (Å²) in [5, 5.41) is 17.3. The molecule has 0 amide bonds. The number of nitrogens with zero attached hydrogens (tertiary/aromatic N) is 3. The largest absolute Gasteiger partial charge is 0.383 e. The van der Waals surface area contributed by atoms with E-state index in [1.54, 1.807) is 4.68 Å². The van der Waals surface area contributed by atoms with Crippen molar-refractivity contribution in [2.24, 2.45) is 11.8 Å². The average Bonchev–Trinajstić information content (AvgIpc) is 3.27. The topological polar surface area (TPSA) is 50.9 Å². The molecule has 4 nitrogen and oxygen atoms in total. The van der Waals surface area contributed by atoms with Gasteiger partial charge in [-0.3, -0.25) is 0 Å². The molecule has 2 atom stereocenters. The highest BCUT2D eigenvalue weighted by molar-refractivity contribution is 7.98. The first kappa shape index (κ1) is 15.8. The number of aromatic nitrogens is 3. The van der Waals surface area contributed by atoms with Crippen LogP contribution in [0.2, 0.25) is 5.02 Å². The Morgan fingerprint density at radius 2 is 2.09 bits per heavy atom. The van der Waals surface area contributed by atoms with Crippen molar-refractivity contribution in [2.75, 3.05) is 6.26 Å². The lowest BCUT2D eigenvalue weighted by Crippen LogP contribution is -2.39. The number of aliphatic hydroxyl groups is 1. The van der Waals surface area contributed by atoms with E-state index in [0.29, 0.717) is 17.5 Å². The standard InChI is InChI=1S/C16H20ClN3OS/c1-11(12-3-4-12)16(21,13-5-7-14(17)8-6-13)9-20-15(22-2)18-10-19-20/h5-8,10-12,21H,3-4,9H2,1-2H3. The lowest BCUT2D eigenvalue weighted by atomic mass is 9.79. The van der Waals surface area contributed by atoms with Gasteiger partial charge in [0.25, 0.3) is 0 Å². The maximum Gasteiger partial charge on any atom is 0.185 e. The Hall–Kier alpha value is -1.04. The van der Waals surface area contributed by atoms with Crippen LogP contribution in [0.5, 0.6) is 0 Å². The average molecular weight is 338 g/mol. The predicted octanol–water partition coefficient (Wildman–Crippen LogP) is 3.59. The number of thioether (sulfide) groups is 1. The van der Waals surface area contributed by atoms with Crippen molar-refractivity contribution in [1.29, 1.82) is 0 Å².